The fraction of sp³-hybridized carbons (Fsp3) is 0.700. The molecule has 2 heterocycles. The van der Waals surface area contributed by atoms with Crippen molar-refractivity contribution in [1.82, 2.24) is 15.6 Å². The second-order valence-electron chi connectivity index (χ2n) is 4.72. The van der Waals surface area contributed by atoms with Crippen LogP contribution in [-0.4, -0.2) is 63.1 Å². The van der Waals surface area contributed by atoms with Gasteiger partial charge < -0.3 is 25.4 Å². The minimum Gasteiger partial charge on any atom is -0.394 e. The van der Waals surface area contributed by atoms with Gasteiger partial charge in [-0.25, -0.2) is 10.2 Å². The van der Waals surface area contributed by atoms with Gasteiger partial charge in [-0.2, -0.15) is 0 Å². The number of amides is 2. The van der Waals surface area contributed by atoms with Crippen LogP contribution >= 0.6 is 0 Å². The van der Waals surface area contributed by atoms with E-state index < -0.39 is 42.8 Å². The molecule has 2 amide bonds. The highest BCUT2D eigenvalue weighted by Gasteiger charge is 2.55. The zero-order valence-electron chi connectivity index (χ0n) is 10.4. The standard InChI is InChI=1S/C10H18N4O5/c1-10(18)7(16)5(4-15)19-8(10)14-3-2-6(13-11)12-9(14)17/h2-3,5-8,13,15-16,18H,4,11H2,1H3,(H,12,17). The summed E-state index contributed by atoms with van der Waals surface area (Å²) < 4.78 is 5.33. The smallest absolute Gasteiger partial charge is 0.325 e. The monoisotopic (exact) mass is 274 g/mol. The predicted octanol–water partition coefficient (Wildman–Crippen LogP) is -2.86. The number of nitrogens with one attached hydrogen (secondary N) is 2. The maximum Gasteiger partial charge on any atom is 0.325 e. The quantitative estimate of drug-likeness (QED) is 0.240. The summed E-state index contributed by atoms with van der Waals surface area (Å²) in [6.07, 6.45) is -0.919. The third-order valence-corrected chi connectivity index (χ3v) is 3.32. The number of hydrazine groups is 1. The summed E-state index contributed by atoms with van der Waals surface area (Å²) in [7, 11) is 0. The number of hydrogen-bond acceptors (Lipinski definition) is 7. The Bertz CT molecular complexity index is 388. The van der Waals surface area contributed by atoms with Gasteiger partial charge in [0.15, 0.2) is 6.23 Å². The van der Waals surface area contributed by atoms with E-state index in [1.807, 2.05) is 0 Å². The maximum atomic E-state index is 11.9. The van der Waals surface area contributed by atoms with Gasteiger partial charge >= 0.3 is 6.03 Å². The van der Waals surface area contributed by atoms with Crippen molar-refractivity contribution in [2.75, 3.05) is 6.61 Å². The molecule has 2 rings (SSSR count). The van der Waals surface area contributed by atoms with E-state index >= 15 is 0 Å². The first-order valence-electron chi connectivity index (χ1n) is 5.82. The Kier molecular flexibility index (Phi) is 3.76. The Labute approximate surface area is 109 Å². The van der Waals surface area contributed by atoms with Crippen molar-refractivity contribution < 1.29 is 24.9 Å². The average molecular weight is 274 g/mol. The number of aliphatic hydroxyl groups excluding tert-OH is 2. The molecule has 0 bridgehead atoms. The molecule has 0 aromatic heterocycles. The number of carbonyl (C=O) groups is 1. The lowest BCUT2D eigenvalue weighted by Crippen LogP contribution is -2.60. The molecule has 0 aliphatic carbocycles. The fourth-order valence-electron chi connectivity index (χ4n) is 2.17. The van der Waals surface area contributed by atoms with E-state index in [0.717, 1.165) is 4.90 Å². The van der Waals surface area contributed by atoms with E-state index in [4.69, 9.17) is 15.7 Å². The molecule has 9 nitrogen and oxygen atoms in total. The number of carbonyl (C=O) groups excluding carboxylic acids is 1. The Balaban J connectivity index is 2.20. The zero-order valence-corrected chi connectivity index (χ0v) is 10.4. The lowest BCUT2D eigenvalue weighted by atomic mass is 9.96. The van der Waals surface area contributed by atoms with Gasteiger partial charge in [0.2, 0.25) is 0 Å². The van der Waals surface area contributed by atoms with Crippen LogP contribution in [0.2, 0.25) is 0 Å². The Hall–Kier alpha value is -1.23. The molecular formula is C10H18N4O5. The van der Waals surface area contributed by atoms with Crippen molar-refractivity contribution in [3.05, 3.63) is 12.3 Å². The molecule has 108 valence electrons. The normalized spacial score (nSPS) is 42.6. The van der Waals surface area contributed by atoms with Gasteiger partial charge in [0.25, 0.3) is 0 Å². The van der Waals surface area contributed by atoms with Crippen LogP contribution in [0.25, 0.3) is 0 Å². The topological polar surface area (TPSA) is 140 Å². The van der Waals surface area contributed by atoms with Gasteiger partial charge in [-0.05, 0) is 13.0 Å². The second-order valence-corrected chi connectivity index (χ2v) is 4.72. The summed E-state index contributed by atoms with van der Waals surface area (Å²) in [6.45, 7) is 0.881. The van der Waals surface area contributed by atoms with E-state index in [2.05, 4.69) is 10.7 Å². The summed E-state index contributed by atoms with van der Waals surface area (Å²) in [5.41, 5.74) is 0.660. The molecule has 2 aliphatic heterocycles. The van der Waals surface area contributed by atoms with Gasteiger partial charge in [-0.1, -0.05) is 0 Å². The largest absolute Gasteiger partial charge is 0.394 e. The SMILES string of the molecule is CC1(O)C(O)C(CO)OC1N1C=CC(NN)NC1=O. The lowest BCUT2D eigenvalue weighted by Gasteiger charge is -2.36. The lowest BCUT2D eigenvalue weighted by molar-refractivity contribution is -0.107. The van der Waals surface area contributed by atoms with E-state index in [-0.39, 0.29) is 0 Å². The minimum absolute atomic E-state index is 0.458. The number of ether oxygens (including phenoxy) is 1. The molecule has 1 saturated heterocycles. The highest BCUT2D eigenvalue weighted by Crippen LogP contribution is 2.33. The zero-order chi connectivity index (χ0) is 14.2. The number of aliphatic hydroxyl groups is 3. The molecule has 5 atom stereocenters. The van der Waals surface area contributed by atoms with Gasteiger partial charge in [-0.3, -0.25) is 10.7 Å². The summed E-state index contributed by atoms with van der Waals surface area (Å²) in [5.74, 6) is 5.20. The van der Waals surface area contributed by atoms with E-state index in [0.29, 0.717) is 0 Å². The van der Waals surface area contributed by atoms with Crippen LogP contribution in [0.3, 0.4) is 0 Å². The number of urea groups is 1. The van der Waals surface area contributed by atoms with Crippen molar-refractivity contribution in [2.45, 2.75) is 37.1 Å². The number of rotatable bonds is 3. The molecule has 0 saturated carbocycles. The van der Waals surface area contributed by atoms with Crippen LogP contribution in [0, 0.1) is 0 Å². The highest BCUT2D eigenvalue weighted by molar-refractivity contribution is 5.77. The fourth-order valence-corrected chi connectivity index (χ4v) is 2.17. The van der Waals surface area contributed by atoms with Gasteiger partial charge in [0.1, 0.15) is 24.0 Å². The van der Waals surface area contributed by atoms with Crippen LogP contribution in [-0.2, 0) is 4.74 Å². The van der Waals surface area contributed by atoms with Crippen molar-refractivity contribution in [1.29, 1.82) is 0 Å². The molecule has 2 aliphatic rings. The predicted molar refractivity (Wildman–Crippen MR) is 63.0 cm³/mol. The van der Waals surface area contributed by atoms with Crippen LogP contribution < -0.4 is 16.6 Å². The van der Waals surface area contributed by atoms with Gasteiger partial charge in [0.05, 0.1) is 6.61 Å². The first kappa shape index (κ1) is 14.2. The van der Waals surface area contributed by atoms with Crippen molar-refractivity contribution in [3.63, 3.8) is 0 Å². The molecule has 0 aromatic rings. The summed E-state index contributed by atoms with van der Waals surface area (Å²) in [5, 5.41) is 31.7. The van der Waals surface area contributed by atoms with Crippen molar-refractivity contribution >= 4 is 6.03 Å². The average Bonchev–Trinajstić information content (AvgIpc) is 2.61. The van der Waals surface area contributed by atoms with Crippen LogP contribution in [0.4, 0.5) is 4.79 Å². The van der Waals surface area contributed by atoms with E-state index in [1.54, 1.807) is 6.08 Å². The molecule has 0 spiro atoms. The van der Waals surface area contributed by atoms with Gasteiger partial charge in [0, 0.05) is 6.20 Å². The first-order chi connectivity index (χ1) is 8.91. The molecular weight excluding hydrogens is 256 g/mol. The minimum atomic E-state index is -1.70. The first-order valence-corrected chi connectivity index (χ1v) is 5.82. The Morgan fingerprint density at radius 3 is 2.84 bits per heavy atom. The number of nitrogens with two attached hydrogens (primary N) is 1. The highest BCUT2D eigenvalue weighted by atomic mass is 16.6. The molecule has 1 fully saturated rings. The van der Waals surface area contributed by atoms with E-state index in [1.165, 1.54) is 13.1 Å². The van der Waals surface area contributed by atoms with Crippen molar-refractivity contribution in [2.24, 2.45) is 5.84 Å². The summed E-state index contributed by atoms with van der Waals surface area (Å²) in [4.78, 5) is 13.0. The number of hydrogen-bond donors (Lipinski definition) is 6. The molecule has 0 radical (unpaired) electrons. The second kappa shape index (κ2) is 5.04. The molecule has 5 unspecified atom stereocenters. The molecule has 9 heteroatoms. The van der Waals surface area contributed by atoms with Crippen molar-refractivity contribution in [3.8, 4) is 0 Å². The molecule has 7 N–H and O–H groups in total. The third-order valence-electron chi connectivity index (χ3n) is 3.32. The number of nitrogens with zero attached hydrogens (tertiary/aromatic N) is 1. The Morgan fingerprint density at radius 1 is 1.68 bits per heavy atom. The Morgan fingerprint density at radius 2 is 2.37 bits per heavy atom. The molecule has 19 heavy (non-hydrogen) atoms. The van der Waals surface area contributed by atoms with Crippen LogP contribution in [0.1, 0.15) is 6.92 Å². The maximum absolute atomic E-state index is 11.9. The summed E-state index contributed by atoms with van der Waals surface area (Å²) >= 11 is 0. The van der Waals surface area contributed by atoms with Crippen LogP contribution in [0.5, 0.6) is 0 Å². The van der Waals surface area contributed by atoms with E-state index in [9.17, 15) is 15.0 Å². The molecule has 0 aromatic carbocycles. The summed E-state index contributed by atoms with van der Waals surface area (Å²) in [6, 6.07) is -0.540. The van der Waals surface area contributed by atoms with Gasteiger partial charge in [-0.15, -0.1) is 0 Å². The van der Waals surface area contributed by atoms with Crippen LogP contribution in [0.15, 0.2) is 12.3 Å². The third kappa shape index (κ3) is 2.31.